The fourth-order valence-electron chi connectivity index (χ4n) is 3.89. The summed E-state index contributed by atoms with van der Waals surface area (Å²) in [4.78, 5) is 50.9. The van der Waals surface area contributed by atoms with Gasteiger partial charge in [0.1, 0.15) is 12.4 Å². The van der Waals surface area contributed by atoms with Gasteiger partial charge in [0.2, 0.25) is 10.0 Å². The van der Waals surface area contributed by atoms with Crippen molar-refractivity contribution in [1.82, 2.24) is 4.31 Å². The van der Waals surface area contributed by atoms with Gasteiger partial charge in [0.05, 0.1) is 19.1 Å². The van der Waals surface area contributed by atoms with Crippen LogP contribution in [0.15, 0.2) is 53.4 Å². The van der Waals surface area contributed by atoms with Crippen molar-refractivity contribution in [2.75, 3.05) is 26.6 Å². The van der Waals surface area contributed by atoms with Gasteiger partial charge in [-0.15, -0.1) is 0 Å². The van der Waals surface area contributed by atoms with Crippen LogP contribution in [0.3, 0.4) is 0 Å². The molecule has 0 aliphatic carbocycles. The third-order valence-corrected chi connectivity index (χ3v) is 7.43. The number of hydrogen-bond acceptors (Lipinski definition) is 10. The summed E-state index contributed by atoms with van der Waals surface area (Å²) in [6.07, 6.45) is 0. The van der Waals surface area contributed by atoms with Crippen molar-refractivity contribution in [3.8, 4) is 5.75 Å². The molecule has 0 saturated heterocycles. The number of rotatable bonds is 11. The number of carbonyl (C=O) groups is 4. The van der Waals surface area contributed by atoms with Crippen molar-refractivity contribution in [1.29, 1.82) is 0 Å². The van der Waals surface area contributed by atoms with E-state index in [-0.39, 0.29) is 16.1 Å². The molecule has 1 unspecified atom stereocenters. The Morgan fingerprint density at radius 2 is 1.50 bits per heavy atom. The summed E-state index contributed by atoms with van der Waals surface area (Å²) in [5, 5.41) is 0. The van der Waals surface area contributed by atoms with Crippen LogP contribution in [0.2, 0.25) is 0 Å². The molecule has 194 valence electrons. The molecule has 0 radical (unpaired) electrons. The van der Waals surface area contributed by atoms with Crippen molar-refractivity contribution < 1.29 is 41.8 Å². The molecular formula is C24H28N2O9S. The molecule has 36 heavy (non-hydrogen) atoms. The van der Waals surface area contributed by atoms with E-state index in [0.717, 1.165) is 27.9 Å². The summed E-state index contributed by atoms with van der Waals surface area (Å²) in [5.74, 6) is -3.55. The number of anilines is 1. The van der Waals surface area contributed by atoms with Crippen molar-refractivity contribution in [3.05, 3.63) is 54.1 Å². The summed E-state index contributed by atoms with van der Waals surface area (Å²) in [5.41, 5.74) is 3.28. The van der Waals surface area contributed by atoms with E-state index in [0.29, 0.717) is 10.1 Å². The third kappa shape index (κ3) is 5.24. The Hall–Kier alpha value is -3.77. The third-order valence-electron chi connectivity index (χ3n) is 5.52. The number of nitrogens with zero attached hydrogens (tertiary/aromatic N) is 1. The number of benzene rings is 2. The van der Waals surface area contributed by atoms with Crippen molar-refractivity contribution in [3.63, 3.8) is 0 Å². The van der Waals surface area contributed by atoms with Crippen LogP contribution in [0.25, 0.3) is 0 Å². The Bertz CT molecular complexity index is 1240. The van der Waals surface area contributed by atoms with E-state index >= 15 is 0 Å². The summed E-state index contributed by atoms with van der Waals surface area (Å²) in [6, 6.07) is 8.82. The van der Waals surface area contributed by atoms with E-state index in [2.05, 4.69) is 0 Å². The molecule has 0 bridgehead atoms. The number of Topliss-reactive ketones (excluding diaryl/α,β-unsaturated/α-hetero) is 2. The monoisotopic (exact) mass is 520 g/mol. The normalized spacial score (nSPS) is 12.5. The lowest BCUT2D eigenvalue weighted by atomic mass is 9.81. The SMILES string of the molecule is COC(=O)C(COC(C)=O)N(C(C(C)=O)(C(C)=O)c1ccccc1N)S(=O)(=O)c1ccc(OC)cc1. The average Bonchev–Trinajstić information content (AvgIpc) is 2.83. The first kappa shape index (κ1) is 28.5. The number of ether oxygens (including phenoxy) is 3. The van der Waals surface area contributed by atoms with Gasteiger partial charge in [-0.2, -0.15) is 4.31 Å². The maximum absolute atomic E-state index is 14.2. The van der Waals surface area contributed by atoms with Gasteiger partial charge >= 0.3 is 11.9 Å². The maximum atomic E-state index is 14.2. The van der Waals surface area contributed by atoms with E-state index in [1.807, 2.05) is 0 Å². The molecule has 0 spiro atoms. The largest absolute Gasteiger partial charge is 0.497 e. The number of carbonyl (C=O) groups excluding carboxylic acids is 4. The predicted octanol–water partition coefficient (Wildman–Crippen LogP) is 1.45. The van der Waals surface area contributed by atoms with Crippen molar-refractivity contribution in [2.24, 2.45) is 0 Å². The van der Waals surface area contributed by atoms with Gasteiger partial charge in [-0.05, 0) is 44.2 Å². The Balaban J connectivity index is 3.05. The second kappa shape index (κ2) is 11.3. The molecule has 1 atom stereocenters. The first-order valence-corrected chi connectivity index (χ1v) is 12.1. The second-order valence-electron chi connectivity index (χ2n) is 7.73. The summed E-state index contributed by atoms with van der Waals surface area (Å²) < 4.78 is 43.6. The summed E-state index contributed by atoms with van der Waals surface area (Å²) in [7, 11) is -2.48. The number of sulfonamides is 1. The van der Waals surface area contributed by atoms with Gasteiger partial charge in [0, 0.05) is 18.2 Å². The van der Waals surface area contributed by atoms with E-state index in [9.17, 15) is 27.6 Å². The van der Waals surface area contributed by atoms with Gasteiger partial charge < -0.3 is 19.9 Å². The average molecular weight is 521 g/mol. The molecule has 0 aromatic heterocycles. The molecule has 0 saturated carbocycles. The van der Waals surface area contributed by atoms with Gasteiger partial charge in [-0.1, -0.05) is 18.2 Å². The van der Waals surface area contributed by atoms with Crippen LogP contribution < -0.4 is 10.5 Å². The van der Waals surface area contributed by atoms with Gasteiger partial charge in [0.25, 0.3) is 0 Å². The molecule has 0 heterocycles. The van der Waals surface area contributed by atoms with Gasteiger partial charge in [-0.3, -0.25) is 19.2 Å². The molecule has 2 rings (SSSR count). The van der Waals surface area contributed by atoms with Crippen LogP contribution >= 0.6 is 0 Å². The molecule has 2 aromatic rings. The maximum Gasteiger partial charge on any atom is 0.327 e. The number of methoxy groups -OCH3 is 2. The molecule has 0 aliphatic rings. The zero-order valence-electron chi connectivity index (χ0n) is 20.5. The van der Waals surface area contributed by atoms with E-state index < -0.39 is 51.7 Å². The highest BCUT2D eigenvalue weighted by Crippen LogP contribution is 2.40. The number of nitrogens with two attached hydrogens (primary N) is 1. The molecule has 0 aliphatic heterocycles. The number of nitrogen functional groups attached to an aromatic ring is 1. The lowest BCUT2D eigenvalue weighted by Gasteiger charge is -2.42. The highest BCUT2D eigenvalue weighted by Gasteiger charge is 2.58. The number of hydrogen-bond donors (Lipinski definition) is 1. The molecule has 2 aromatic carbocycles. The van der Waals surface area contributed by atoms with Gasteiger partial charge in [-0.25, -0.2) is 8.42 Å². The van der Waals surface area contributed by atoms with Crippen molar-refractivity contribution in [2.45, 2.75) is 37.2 Å². The highest BCUT2D eigenvalue weighted by atomic mass is 32.2. The van der Waals surface area contributed by atoms with Gasteiger partial charge in [0.15, 0.2) is 23.1 Å². The zero-order chi connectivity index (χ0) is 27.3. The first-order valence-electron chi connectivity index (χ1n) is 10.6. The van der Waals surface area contributed by atoms with E-state index in [1.54, 1.807) is 0 Å². The topological polar surface area (TPSA) is 159 Å². The molecule has 0 amide bonds. The minimum Gasteiger partial charge on any atom is -0.497 e. The number of esters is 2. The fourth-order valence-corrected chi connectivity index (χ4v) is 5.79. The first-order chi connectivity index (χ1) is 16.8. The Morgan fingerprint density at radius 3 is 1.94 bits per heavy atom. The smallest absolute Gasteiger partial charge is 0.327 e. The van der Waals surface area contributed by atoms with Crippen LogP contribution in [0, 0.1) is 0 Å². The highest BCUT2D eigenvalue weighted by molar-refractivity contribution is 7.89. The Kier molecular flexibility index (Phi) is 8.94. The Morgan fingerprint density at radius 1 is 0.944 bits per heavy atom. The summed E-state index contributed by atoms with van der Waals surface area (Å²) in [6.45, 7) is 2.22. The van der Waals surface area contributed by atoms with E-state index in [4.69, 9.17) is 19.9 Å². The molecule has 2 N–H and O–H groups in total. The predicted molar refractivity (Wildman–Crippen MR) is 128 cm³/mol. The quantitative estimate of drug-likeness (QED) is 0.261. The van der Waals surface area contributed by atoms with Crippen LogP contribution in [-0.2, 0) is 44.2 Å². The molecule has 0 fully saturated rings. The number of ketones is 2. The lowest BCUT2D eigenvalue weighted by molar-refractivity contribution is -0.156. The molecule has 11 nitrogen and oxygen atoms in total. The second-order valence-corrected chi connectivity index (χ2v) is 9.54. The molecular weight excluding hydrogens is 492 g/mol. The van der Waals surface area contributed by atoms with E-state index in [1.165, 1.54) is 55.6 Å². The standard InChI is InChI=1S/C24H28N2O9S/c1-15(27)24(16(2)28,20-8-6-7-9-21(20)25)26(22(23(30)34-5)14-35-17(3)29)36(31,32)19-12-10-18(33-4)11-13-19/h6-13,22H,14,25H2,1-5H3. The Labute approximate surface area is 209 Å². The minimum atomic E-state index is -4.85. The van der Waals surface area contributed by atoms with Crippen molar-refractivity contribution >= 4 is 39.2 Å². The van der Waals surface area contributed by atoms with Crippen LogP contribution in [0.1, 0.15) is 26.3 Å². The molecule has 12 heteroatoms. The van der Waals surface area contributed by atoms with Crippen LogP contribution in [-0.4, -0.2) is 63.1 Å². The lowest BCUT2D eigenvalue weighted by Crippen LogP contribution is -2.64. The zero-order valence-corrected chi connectivity index (χ0v) is 21.3. The fraction of sp³-hybridized carbons (Fsp3) is 0.333. The number of para-hydroxylation sites is 1. The minimum absolute atomic E-state index is 0.0751. The summed E-state index contributed by atoms with van der Waals surface area (Å²) >= 11 is 0. The van der Waals surface area contributed by atoms with Crippen LogP contribution in [0.5, 0.6) is 5.75 Å². The van der Waals surface area contributed by atoms with Crippen LogP contribution in [0.4, 0.5) is 5.69 Å².